The number of thioether (sulfide) groups is 1. The molecule has 0 amide bonds. The second kappa shape index (κ2) is 6.14. The number of non-ortho nitro benzene ring substituents is 1. The van der Waals surface area contributed by atoms with Crippen molar-refractivity contribution in [2.24, 2.45) is 0 Å². The van der Waals surface area contributed by atoms with Gasteiger partial charge in [0, 0.05) is 41.8 Å². The van der Waals surface area contributed by atoms with Crippen molar-refractivity contribution in [1.82, 2.24) is 0 Å². The Labute approximate surface area is 117 Å². The Balaban J connectivity index is 2.19. The van der Waals surface area contributed by atoms with Crippen LogP contribution in [-0.4, -0.2) is 29.5 Å². The number of nitrogens with zero attached hydrogens (tertiary/aromatic N) is 1. The van der Waals surface area contributed by atoms with Crippen molar-refractivity contribution in [2.75, 3.05) is 23.9 Å². The predicted octanol–water partition coefficient (Wildman–Crippen LogP) is 3.33. The Kier molecular flexibility index (Phi) is 4.52. The standard InChI is InChI=1S/C13H19N3O2S/c1-14-9-6-10(8-11(7-9)16(17)18)15-12-4-3-5-13(12)19-2/h6-8,12-15H,3-5H2,1-2H3. The van der Waals surface area contributed by atoms with E-state index >= 15 is 0 Å². The molecule has 2 N–H and O–H groups in total. The van der Waals surface area contributed by atoms with Gasteiger partial charge < -0.3 is 10.6 Å². The Morgan fingerprint density at radius 3 is 2.68 bits per heavy atom. The van der Waals surface area contributed by atoms with Crippen LogP contribution in [0.2, 0.25) is 0 Å². The average molecular weight is 281 g/mol. The smallest absolute Gasteiger partial charge is 0.273 e. The molecule has 1 aliphatic rings. The molecule has 0 radical (unpaired) electrons. The van der Waals surface area contributed by atoms with Crippen LogP contribution >= 0.6 is 11.8 Å². The monoisotopic (exact) mass is 281 g/mol. The lowest BCUT2D eigenvalue weighted by molar-refractivity contribution is -0.384. The van der Waals surface area contributed by atoms with E-state index in [0.717, 1.165) is 17.8 Å². The molecule has 1 aromatic rings. The zero-order chi connectivity index (χ0) is 13.8. The molecule has 1 fully saturated rings. The van der Waals surface area contributed by atoms with Crippen molar-refractivity contribution >= 4 is 28.8 Å². The summed E-state index contributed by atoms with van der Waals surface area (Å²) in [6, 6.07) is 5.48. The van der Waals surface area contributed by atoms with E-state index in [1.165, 1.54) is 12.8 Å². The number of benzene rings is 1. The van der Waals surface area contributed by atoms with Crippen LogP contribution in [0.5, 0.6) is 0 Å². The van der Waals surface area contributed by atoms with Gasteiger partial charge in [-0.25, -0.2) is 0 Å². The molecule has 1 aliphatic carbocycles. The summed E-state index contributed by atoms with van der Waals surface area (Å²) in [5, 5.41) is 17.9. The zero-order valence-electron chi connectivity index (χ0n) is 11.2. The minimum Gasteiger partial charge on any atom is -0.388 e. The lowest BCUT2D eigenvalue weighted by atomic mass is 10.2. The fourth-order valence-corrected chi connectivity index (χ4v) is 3.47. The van der Waals surface area contributed by atoms with Crippen molar-refractivity contribution in [1.29, 1.82) is 0 Å². The first-order valence-corrected chi connectivity index (χ1v) is 7.69. The van der Waals surface area contributed by atoms with Crippen LogP contribution in [0.15, 0.2) is 18.2 Å². The molecular weight excluding hydrogens is 262 g/mol. The second-order valence-corrected chi connectivity index (χ2v) is 5.81. The summed E-state index contributed by atoms with van der Waals surface area (Å²) >= 11 is 1.87. The van der Waals surface area contributed by atoms with Gasteiger partial charge in [0.15, 0.2) is 0 Å². The van der Waals surface area contributed by atoms with E-state index in [1.54, 1.807) is 19.2 Å². The highest BCUT2D eigenvalue weighted by molar-refractivity contribution is 7.99. The van der Waals surface area contributed by atoms with E-state index in [2.05, 4.69) is 16.9 Å². The third kappa shape index (κ3) is 3.32. The highest BCUT2D eigenvalue weighted by Crippen LogP contribution is 2.32. The van der Waals surface area contributed by atoms with E-state index in [9.17, 15) is 10.1 Å². The normalized spacial score (nSPS) is 22.2. The highest BCUT2D eigenvalue weighted by Gasteiger charge is 2.26. The maximum atomic E-state index is 10.9. The number of rotatable bonds is 5. The molecule has 6 heteroatoms. The maximum absolute atomic E-state index is 10.9. The van der Waals surface area contributed by atoms with Crippen LogP contribution in [0.4, 0.5) is 17.1 Å². The van der Waals surface area contributed by atoms with Gasteiger partial charge in [-0.2, -0.15) is 11.8 Å². The van der Waals surface area contributed by atoms with Gasteiger partial charge in [0.2, 0.25) is 0 Å². The Hall–Kier alpha value is -1.43. The van der Waals surface area contributed by atoms with Crippen LogP contribution in [0.1, 0.15) is 19.3 Å². The van der Waals surface area contributed by atoms with E-state index in [4.69, 9.17) is 0 Å². The Morgan fingerprint density at radius 1 is 1.32 bits per heavy atom. The van der Waals surface area contributed by atoms with Crippen LogP contribution in [-0.2, 0) is 0 Å². The van der Waals surface area contributed by atoms with Crippen molar-refractivity contribution < 1.29 is 4.92 Å². The van der Waals surface area contributed by atoms with Crippen LogP contribution in [0.3, 0.4) is 0 Å². The fraction of sp³-hybridized carbons (Fsp3) is 0.538. The minimum atomic E-state index is -0.354. The van der Waals surface area contributed by atoms with Gasteiger partial charge in [0.1, 0.15) is 0 Å². The molecule has 19 heavy (non-hydrogen) atoms. The summed E-state index contributed by atoms with van der Waals surface area (Å²) in [7, 11) is 1.77. The van der Waals surface area contributed by atoms with Gasteiger partial charge in [0.25, 0.3) is 5.69 Å². The zero-order valence-corrected chi connectivity index (χ0v) is 12.0. The molecule has 1 saturated carbocycles. The third-order valence-electron chi connectivity index (χ3n) is 3.52. The quantitative estimate of drug-likeness (QED) is 0.640. The molecule has 5 nitrogen and oxygen atoms in total. The van der Waals surface area contributed by atoms with Crippen molar-refractivity contribution in [2.45, 2.75) is 30.6 Å². The SMILES string of the molecule is CNc1cc(NC2CCCC2SC)cc([N+](=O)[O-])c1. The first kappa shape index (κ1) is 14.0. The van der Waals surface area contributed by atoms with Gasteiger partial charge >= 0.3 is 0 Å². The Bertz CT molecular complexity index is 467. The molecule has 0 bridgehead atoms. The molecule has 0 spiro atoms. The summed E-state index contributed by atoms with van der Waals surface area (Å²) in [6.07, 6.45) is 5.68. The molecule has 0 heterocycles. The van der Waals surface area contributed by atoms with Gasteiger partial charge in [0.05, 0.1) is 4.92 Å². The minimum absolute atomic E-state index is 0.119. The fourth-order valence-electron chi connectivity index (χ4n) is 2.53. The number of nitro groups is 1. The average Bonchev–Trinajstić information content (AvgIpc) is 2.85. The number of nitrogens with one attached hydrogen (secondary N) is 2. The van der Waals surface area contributed by atoms with E-state index in [1.807, 2.05) is 17.8 Å². The van der Waals surface area contributed by atoms with Gasteiger partial charge in [-0.3, -0.25) is 10.1 Å². The summed E-state index contributed by atoms with van der Waals surface area (Å²) in [4.78, 5) is 10.6. The number of nitro benzene ring substituents is 1. The molecule has 2 rings (SSSR count). The van der Waals surface area contributed by atoms with Crippen LogP contribution in [0.25, 0.3) is 0 Å². The molecule has 2 unspecified atom stereocenters. The van der Waals surface area contributed by atoms with Gasteiger partial charge in [-0.1, -0.05) is 6.42 Å². The van der Waals surface area contributed by atoms with Gasteiger partial charge in [-0.05, 0) is 25.2 Å². The predicted molar refractivity (Wildman–Crippen MR) is 81.2 cm³/mol. The van der Waals surface area contributed by atoms with E-state index in [0.29, 0.717) is 11.3 Å². The molecule has 1 aromatic carbocycles. The van der Waals surface area contributed by atoms with Gasteiger partial charge in [-0.15, -0.1) is 0 Å². The molecule has 0 aliphatic heterocycles. The molecule has 0 aromatic heterocycles. The van der Waals surface area contributed by atoms with Crippen molar-refractivity contribution in [3.63, 3.8) is 0 Å². The van der Waals surface area contributed by atoms with Crippen LogP contribution < -0.4 is 10.6 Å². The maximum Gasteiger partial charge on any atom is 0.273 e. The van der Waals surface area contributed by atoms with Crippen molar-refractivity contribution in [3.05, 3.63) is 28.3 Å². The second-order valence-electron chi connectivity index (χ2n) is 4.73. The summed E-state index contributed by atoms with van der Waals surface area (Å²) in [5.41, 5.74) is 1.70. The molecular formula is C13H19N3O2S. The summed E-state index contributed by atoms with van der Waals surface area (Å²) in [6.45, 7) is 0. The van der Waals surface area contributed by atoms with Crippen molar-refractivity contribution in [3.8, 4) is 0 Å². The molecule has 0 saturated heterocycles. The number of hydrogen-bond acceptors (Lipinski definition) is 5. The summed E-state index contributed by atoms with van der Waals surface area (Å²) in [5.74, 6) is 0. The first-order chi connectivity index (χ1) is 9.13. The number of hydrogen-bond donors (Lipinski definition) is 2. The van der Waals surface area contributed by atoms with E-state index in [-0.39, 0.29) is 10.6 Å². The molecule has 2 atom stereocenters. The van der Waals surface area contributed by atoms with E-state index < -0.39 is 0 Å². The Morgan fingerprint density at radius 2 is 2.05 bits per heavy atom. The molecule has 104 valence electrons. The number of anilines is 2. The largest absolute Gasteiger partial charge is 0.388 e. The van der Waals surface area contributed by atoms with Crippen LogP contribution in [0, 0.1) is 10.1 Å². The lowest BCUT2D eigenvalue weighted by Gasteiger charge is -2.20. The lowest BCUT2D eigenvalue weighted by Crippen LogP contribution is -2.25. The topological polar surface area (TPSA) is 67.2 Å². The highest BCUT2D eigenvalue weighted by atomic mass is 32.2. The first-order valence-electron chi connectivity index (χ1n) is 6.40. The summed E-state index contributed by atoms with van der Waals surface area (Å²) < 4.78 is 0. The third-order valence-corrected chi connectivity index (χ3v) is 4.69.